The molecule has 0 radical (unpaired) electrons. The summed E-state index contributed by atoms with van der Waals surface area (Å²) in [6.07, 6.45) is -4.55. The van der Waals surface area contributed by atoms with Gasteiger partial charge < -0.3 is 25.2 Å². The summed E-state index contributed by atoms with van der Waals surface area (Å²) in [5.41, 5.74) is 3.30. The van der Waals surface area contributed by atoms with Crippen LogP contribution in [0.4, 0.5) is 0 Å². The molecule has 0 saturated carbocycles. The smallest absolute Gasteiger partial charge is 0.206 e. The highest BCUT2D eigenvalue weighted by atomic mass is 35.5. The maximum atomic E-state index is 9.72. The number of hydrogen-bond donors (Lipinski definition) is 5. The Morgan fingerprint density at radius 1 is 1.33 bits per heavy atom. The number of hydrogen-bond acceptors (Lipinski definition) is 8. The van der Waals surface area contributed by atoms with Gasteiger partial charge in [-0.15, -0.1) is 12.4 Å². The predicted octanol–water partition coefficient (Wildman–Crippen LogP) is -1.68. The molecule has 0 bridgehead atoms. The number of rotatable bonds is 6. The molecule has 0 spiro atoms. The van der Waals surface area contributed by atoms with E-state index in [1.54, 1.807) is 18.3 Å². The van der Waals surface area contributed by atoms with Gasteiger partial charge in [0.15, 0.2) is 0 Å². The molecule has 5 N–H and O–H groups in total. The van der Waals surface area contributed by atoms with E-state index in [9.17, 15) is 15.3 Å². The number of nitrogens with one attached hydrogen (secondary N) is 1. The Morgan fingerprint density at radius 2 is 2.10 bits per heavy atom. The minimum absolute atomic E-state index is 0. The molecule has 1 saturated heterocycles. The summed E-state index contributed by atoms with van der Waals surface area (Å²) in [7, 11) is 0. The molecule has 2 rings (SSSR count). The average molecular weight is 323 g/mol. The zero-order chi connectivity index (χ0) is 14.5. The third-order valence-corrected chi connectivity index (χ3v) is 3.00. The van der Waals surface area contributed by atoms with E-state index in [2.05, 4.69) is 10.5 Å². The van der Waals surface area contributed by atoms with Crippen molar-refractivity contribution in [2.24, 2.45) is 0 Å². The normalized spacial score (nSPS) is 29.9. The van der Waals surface area contributed by atoms with Gasteiger partial charge >= 0.3 is 0 Å². The van der Waals surface area contributed by atoms with Crippen molar-refractivity contribution in [2.45, 2.75) is 37.3 Å². The molecule has 1 aliphatic heterocycles. The molecule has 21 heavy (non-hydrogen) atoms. The summed E-state index contributed by atoms with van der Waals surface area (Å²) in [5, 5.41) is 37.7. The first-order chi connectivity index (χ1) is 9.63. The number of ether oxygens (including phenoxy) is 1. The van der Waals surface area contributed by atoms with Crippen molar-refractivity contribution in [3.63, 3.8) is 0 Å². The maximum absolute atomic E-state index is 9.72. The first-order valence-corrected chi connectivity index (χ1v) is 6.22. The van der Waals surface area contributed by atoms with E-state index in [-0.39, 0.29) is 19.0 Å². The van der Waals surface area contributed by atoms with Crippen molar-refractivity contribution in [3.8, 4) is 0 Å². The van der Waals surface area contributed by atoms with Crippen LogP contribution in [0.15, 0.2) is 24.4 Å². The van der Waals surface area contributed by atoms with Crippen LogP contribution in [0.2, 0.25) is 0 Å². The minimum Gasteiger partial charge on any atom is -0.394 e. The Labute approximate surface area is 127 Å². The van der Waals surface area contributed by atoms with Crippen LogP contribution in [0.25, 0.3) is 0 Å². The summed E-state index contributed by atoms with van der Waals surface area (Å²) >= 11 is 0. The van der Waals surface area contributed by atoms with Crippen molar-refractivity contribution in [1.29, 1.82) is 0 Å². The van der Waals surface area contributed by atoms with E-state index in [4.69, 9.17) is 14.7 Å². The van der Waals surface area contributed by atoms with Gasteiger partial charge in [-0.3, -0.25) is 9.82 Å². The third kappa shape index (κ3) is 4.56. The molecular weight excluding hydrogens is 304 g/mol. The third-order valence-electron chi connectivity index (χ3n) is 3.00. The van der Waals surface area contributed by atoms with Crippen molar-refractivity contribution in [3.05, 3.63) is 30.1 Å². The van der Waals surface area contributed by atoms with Crippen LogP contribution >= 0.6 is 12.4 Å². The van der Waals surface area contributed by atoms with Gasteiger partial charge in [-0.1, -0.05) is 6.07 Å². The van der Waals surface area contributed by atoms with Crippen molar-refractivity contribution in [2.75, 3.05) is 6.61 Å². The van der Waals surface area contributed by atoms with Gasteiger partial charge in [0.2, 0.25) is 6.29 Å². The fraction of sp³-hybridized carbons (Fsp3) is 0.583. The van der Waals surface area contributed by atoms with Gasteiger partial charge in [0, 0.05) is 6.20 Å². The molecule has 0 amide bonds. The molecule has 0 unspecified atom stereocenters. The van der Waals surface area contributed by atoms with Gasteiger partial charge in [0.05, 0.1) is 18.8 Å². The first kappa shape index (κ1) is 18.2. The Balaban J connectivity index is 0.00000220. The lowest BCUT2D eigenvalue weighted by molar-refractivity contribution is -0.211. The summed E-state index contributed by atoms with van der Waals surface area (Å²) < 4.78 is 5.16. The topological polar surface area (TPSA) is 124 Å². The number of aliphatic hydroxyl groups is 4. The second kappa shape index (κ2) is 8.57. The van der Waals surface area contributed by atoms with E-state index in [1.807, 2.05) is 6.07 Å². The Kier molecular flexibility index (Phi) is 7.43. The van der Waals surface area contributed by atoms with Gasteiger partial charge in [-0.05, 0) is 12.1 Å². The van der Waals surface area contributed by atoms with E-state index in [0.29, 0.717) is 0 Å². The molecule has 5 atom stereocenters. The number of pyridine rings is 1. The molecule has 8 nitrogen and oxygen atoms in total. The van der Waals surface area contributed by atoms with Crippen molar-refractivity contribution < 1.29 is 30.0 Å². The Hall–Kier alpha value is -0.840. The molecule has 1 aliphatic rings. The monoisotopic (exact) mass is 322 g/mol. The number of hydroxylamine groups is 1. The lowest BCUT2D eigenvalue weighted by Gasteiger charge is -2.18. The Morgan fingerprint density at radius 3 is 2.71 bits per heavy atom. The van der Waals surface area contributed by atoms with E-state index in [0.717, 1.165) is 5.69 Å². The molecule has 120 valence electrons. The van der Waals surface area contributed by atoms with Crippen LogP contribution in [0.3, 0.4) is 0 Å². The second-order valence-corrected chi connectivity index (χ2v) is 4.46. The average Bonchev–Trinajstić information content (AvgIpc) is 2.76. The molecule has 0 aromatic carbocycles. The number of halogens is 1. The van der Waals surface area contributed by atoms with Gasteiger partial charge in [0.25, 0.3) is 0 Å². The van der Waals surface area contributed by atoms with Crippen LogP contribution in [-0.4, -0.2) is 62.7 Å². The highest BCUT2D eigenvalue weighted by Gasteiger charge is 2.46. The quantitative estimate of drug-likeness (QED) is 0.394. The highest BCUT2D eigenvalue weighted by molar-refractivity contribution is 5.85. The van der Waals surface area contributed by atoms with Crippen LogP contribution in [0, 0.1) is 0 Å². The molecule has 9 heteroatoms. The van der Waals surface area contributed by atoms with E-state index >= 15 is 0 Å². The molecule has 2 heterocycles. The zero-order valence-electron chi connectivity index (χ0n) is 11.1. The molecule has 1 aromatic rings. The van der Waals surface area contributed by atoms with E-state index in [1.165, 1.54) is 0 Å². The molecule has 0 aliphatic carbocycles. The zero-order valence-corrected chi connectivity index (χ0v) is 11.9. The lowest BCUT2D eigenvalue weighted by atomic mass is 10.1. The van der Waals surface area contributed by atoms with Crippen LogP contribution in [0.1, 0.15) is 5.69 Å². The van der Waals surface area contributed by atoms with Crippen LogP contribution in [-0.2, 0) is 16.1 Å². The molecule has 1 fully saturated rings. The summed E-state index contributed by atoms with van der Waals surface area (Å²) in [4.78, 5) is 9.16. The fourth-order valence-corrected chi connectivity index (χ4v) is 1.89. The van der Waals surface area contributed by atoms with E-state index < -0.39 is 37.3 Å². The maximum Gasteiger partial charge on any atom is 0.206 e. The molecule has 1 aromatic heterocycles. The molecular formula is C12H19ClN2O6. The summed E-state index contributed by atoms with van der Waals surface area (Å²) in [6.45, 7) is -0.292. The number of aromatic nitrogens is 1. The van der Waals surface area contributed by atoms with Gasteiger partial charge in [-0.2, -0.15) is 5.48 Å². The largest absolute Gasteiger partial charge is 0.394 e. The number of nitrogens with zero attached hydrogens (tertiary/aromatic N) is 1. The standard InChI is InChI=1S/C12H18N2O6.ClH/c15-6-8(16)11-9(17)10(18)12(19-11)20-14-5-7-3-1-2-4-13-7;/h1-4,8-12,14-18H,5-6H2;1H/t8-,9+,10+,11+,12+;/m0./s1. The van der Waals surface area contributed by atoms with Gasteiger partial charge in [-0.25, -0.2) is 0 Å². The van der Waals surface area contributed by atoms with Crippen molar-refractivity contribution >= 4 is 12.4 Å². The highest BCUT2D eigenvalue weighted by Crippen LogP contribution is 2.24. The fourth-order valence-electron chi connectivity index (χ4n) is 1.89. The van der Waals surface area contributed by atoms with Crippen molar-refractivity contribution in [1.82, 2.24) is 10.5 Å². The summed E-state index contributed by atoms with van der Waals surface area (Å²) in [6, 6.07) is 5.39. The first-order valence-electron chi connectivity index (χ1n) is 6.22. The predicted molar refractivity (Wildman–Crippen MR) is 73.2 cm³/mol. The second-order valence-electron chi connectivity index (χ2n) is 4.46. The summed E-state index contributed by atoms with van der Waals surface area (Å²) in [5.74, 6) is 0. The number of aliphatic hydroxyl groups excluding tert-OH is 4. The minimum atomic E-state index is -1.33. The lowest BCUT2D eigenvalue weighted by Crippen LogP contribution is -2.40. The SMILES string of the molecule is Cl.OC[C@H](O)[C@H]1O[C@H](ONCc2ccccn2)[C@H](O)[C@H]1O. The van der Waals surface area contributed by atoms with Gasteiger partial charge in [0.1, 0.15) is 24.4 Å². The van der Waals surface area contributed by atoms with Crippen LogP contribution in [0.5, 0.6) is 0 Å². The Bertz CT molecular complexity index is 412. The van der Waals surface area contributed by atoms with Crippen LogP contribution < -0.4 is 5.48 Å².